The lowest BCUT2D eigenvalue weighted by atomic mass is 10.1. The maximum Gasteiger partial charge on any atom is 0.269 e. The molecule has 0 aliphatic heterocycles. The van der Waals surface area contributed by atoms with Gasteiger partial charge in [-0.2, -0.15) is 5.10 Å². The van der Waals surface area contributed by atoms with Gasteiger partial charge in [-0.1, -0.05) is 24.3 Å². The molecule has 0 aliphatic rings. The van der Waals surface area contributed by atoms with Gasteiger partial charge < -0.3 is 16.0 Å². The number of nitro benzene ring substituents is 1. The van der Waals surface area contributed by atoms with Crippen molar-refractivity contribution in [3.05, 3.63) is 88.2 Å². The number of nitro groups is 1. The molecular weight excluding hydrogens is 509 g/mol. The molecule has 31 heavy (non-hydrogen) atoms. The number of rotatable bonds is 9. The third-order valence-corrected chi connectivity index (χ3v) is 4.50. The predicted molar refractivity (Wildman–Crippen MR) is 133 cm³/mol. The zero-order valence-corrected chi connectivity index (χ0v) is 19.5. The molecule has 3 rings (SSSR count). The summed E-state index contributed by atoms with van der Waals surface area (Å²) in [5.74, 6) is 0.703. The summed E-state index contributed by atoms with van der Waals surface area (Å²) in [4.78, 5) is 14.5. The van der Waals surface area contributed by atoms with E-state index in [-0.39, 0.29) is 29.7 Å². The molecule has 0 amide bonds. The van der Waals surface area contributed by atoms with E-state index in [4.69, 9.17) is 0 Å². The molecule has 9 nitrogen and oxygen atoms in total. The van der Waals surface area contributed by atoms with Crippen molar-refractivity contribution in [3.8, 4) is 0 Å². The number of aliphatic imine (C=N–C) groups is 1. The molecule has 1 heterocycles. The number of nitrogens with one attached hydrogen (secondary N) is 3. The van der Waals surface area contributed by atoms with Crippen molar-refractivity contribution in [2.24, 2.45) is 4.99 Å². The second-order valence-electron chi connectivity index (χ2n) is 6.56. The molecule has 0 fully saturated rings. The number of hydrogen-bond donors (Lipinski definition) is 3. The van der Waals surface area contributed by atoms with Gasteiger partial charge in [-0.3, -0.25) is 19.8 Å². The molecule has 0 unspecified atom stereocenters. The maximum absolute atomic E-state index is 10.7. The van der Waals surface area contributed by atoms with E-state index in [9.17, 15) is 10.1 Å². The largest absolute Gasteiger partial charge is 0.383 e. The van der Waals surface area contributed by atoms with Crippen molar-refractivity contribution in [3.63, 3.8) is 0 Å². The summed E-state index contributed by atoms with van der Waals surface area (Å²) in [6.45, 7) is 2.66. The second-order valence-corrected chi connectivity index (χ2v) is 6.56. The monoisotopic (exact) mass is 535 g/mol. The molecule has 3 aromatic rings. The van der Waals surface area contributed by atoms with E-state index in [0.717, 1.165) is 12.2 Å². The van der Waals surface area contributed by atoms with Gasteiger partial charge in [-0.15, -0.1) is 24.0 Å². The number of hydrogen-bond acceptors (Lipinski definition) is 5. The minimum Gasteiger partial charge on any atom is -0.383 e. The Morgan fingerprint density at radius 2 is 1.81 bits per heavy atom. The summed E-state index contributed by atoms with van der Waals surface area (Å²) in [7, 11) is 1.73. The first-order valence-electron chi connectivity index (χ1n) is 9.63. The number of benzene rings is 2. The van der Waals surface area contributed by atoms with E-state index in [0.29, 0.717) is 25.6 Å². The first-order valence-corrected chi connectivity index (χ1v) is 9.63. The summed E-state index contributed by atoms with van der Waals surface area (Å²) in [5.41, 5.74) is 3.29. The highest BCUT2D eigenvalue weighted by molar-refractivity contribution is 14.0. The van der Waals surface area contributed by atoms with E-state index in [1.165, 1.54) is 23.3 Å². The second kappa shape index (κ2) is 12.5. The topological polar surface area (TPSA) is 109 Å². The van der Waals surface area contributed by atoms with Gasteiger partial charge in [0.05, 0.1) is 11.5 Å². The first-order chi connectivity index (χ1) is 14.7. The van der Waals surface area contributed by atoms with Crippen molar-refractivity contribution in [2.75, 3.05) is 25.5 Å². The Bertz CT molecular complexity index is 976. The van der Waals surface area contributed by atoms with Gasteiger partial charge in [-0.05, 0) is 29.3 Å². The average molecular weight is 535 g/mol. The molecule has 1 aromatic heterocycles. The van der Waals surface area contributed by atoms with Crippen LogP contribution in [-0.2, 0) is 13.1 Å². The zero-order chi connectivity index (χ0) is 21.2. The smallest absolute Gasteiger partial charge is 0.269 e. The van der Waals surface area contributed by atoms with Crippen LogP contribution in [0.15, 0.2) is 72.0 Å². The maximum atomic E-state index is 10.7. The molecule has 2 aromatic carbocycles. The quantitative estimate of drug-likeness (QED) is 0.0970. The highest BCUT2D eigenvalue weighted by Gasteiger charge is 2.05. The number of halogens is 1. The van der Waals surface area contributed by atoms with Crippen LogP contribution < -0.4 is 16.0 Å². The Hall–Kier alpha value is -3.15. The molecule has 3 N–H and O–H groups in total. The summed E-state index contributed by atoms with van der Waals surface area (Å²) in [6, 6.07) is 16.5. The van der Waals surface area contributed by atoms with E-state index < -0.39 is 4.92 Å². The fraction of sp³-hybridized carbons (Fsp3) is 0.238. The molecule has 0 spiro atoms. The van der Waals surface area contributed by atoms with Gasteiger partial charge in [-0.25, -0.2) is 0 Å². The van der Waals surface area contributed by atoms with Crippen molar-refractivity contribution in [1.82, 2.24) is 20.4 Å². The van der Waals surface area contributed by atoms with Crippen LogP contribution in [0.3, 0.4) is 0 Å². The van der Waals surface area contributed by atoms with Crippen molar-refractivity contribution in [1.29, 1.82) is 0 Å². The van der Waals surface area contributed by atoms with Crippen LogP contribution in [0.5, 0.6) is 0 Å². The van der Waals surface area contributed by atoms with Crippen LogP contribution in [0.4, 0.5) is 11.4 Å². The first kappa shape index (κ1) is 24.1. The average Bonchev–Trinajstić information content (AvgIpc) is 3.27. The van der Waals surface area contributed by atoms with Crippen LogP contribution in [0, 0.1) is 10.1 Å². The molecule has 0 atom stereocenters. The van der Waals surface area contributed by atoms with Gasteiger partial charge >= 0.3 is 0 Å². The number of guanidine groups is 1. The van der Waals surface area contributed by atoms with E-state index in [1.54, 1.807) is 25.4 Å². The van der Waals surface area contributed by atoms with Gasteiger partial charge in [0.1, 0.15) is 0 Å². The fourth-order valence-electron chi connectivity index (χ4n) is 2.94. The minimum atomic E-state index is -0.409. The molecule has 0 saturated heterocycles. The molecular formula is C21H26IN7O2. The lowest BCUT2D eigenvalue weighted by Crippen LogP contribution is -2.39. The number of non-ortho nitro benzene ring substituents is 1. The Morgan fingerprint density at radius 3 is 2.45 bits per heavy atom. The highest BCUT2D eigenvalue weighted by atomic mass is 127. The lowest BCUT2D eigenvalue weighted by Gasteiger charge is -2.15. The molecule has 0 bridgehead atoms. The fourth-order valence-corrected chi connectivity index (χ4v) is 2.94. The van der Waals surface area contributed by atoms with Gasteiger partial charge in [0, 0.05) is 56.9 Å². The lowest BCUT2D eigenvalue weighted by molar-refractivity contribution is -0.384. The molecule has 164 valence electrons. The molecule has 10 heteroatoms. The van der Waals surface area contributed by atoms with Crippen LogP contribution >= 0.6 is 24.0 Å². The Kier molecular flexibility index (Phi) is 9.75. The summed E-state index contributed by atoms with van der Waals surface area (Å²) >= 11 is 0. The van der Waals surface area contributed by atoms with Crippen molar-refractivity contribution < 1.29 is 4.92 Å². The molecule has 0 aliphatic carbocycles. The van der Waals surface area contributed by atoms with Crippen LogP contribution in [-0.4, -0.2) is 40.8 Å². The summed E-state index contributed by atoms with van der Waals surface area (Å²) in [6.07, 6.45) is 3.72. The van der Waals surface area contributed by atoms with Gasteiger partial charge in [0.2, 0.25) is 0 Å². The third-order valence-electron chi connectivity index (χ3n) is 4.50. The highest BCUT2D eigenvalue weighted by Crippen LogP contribution is 2.15. The summed E-state index contributed by atoms with van der Waals surface area (Å²) in [5, 5.41) is 24.8. The third kappa shape index (κ3) is 7.55. The van der Waals surface area contributed by atoms with Gasteiger partial charge in [0.25, 0.3) is 5.69 Å². The molecule has 0 saturated carbocycles. The zero-order valence-electron chi connectivity index (χ0n) is 17.2. The van der Waals surface area contributed by atoms with E-state index in [1.807, 2.05) is 29.1 Å². The van der Waals surface area contributed by atoms with E-state index in [2.05, 4.69) is 38.2 Å². The van der Waals surface area contributed by atoms with Crippen molar-refractivity contribution in [2.45, 2.75) is 13.1 Å². The molecule has 0 radical (unpaired) electrons. The number of anilines is 1. The Labute approximate surface area is 198 Å². The van der Waals surface area contributed by atoms with Crippen LogP contribution in [0.2, 0.25) is 0 Å². The number of aromatic nitrogens is 2. The standard InChI is InChI=1S/C21H25N7O2.HI/c1-22-21(24-13-12-23-19-7-9-20(10-8-19)28(29)30)25-15-17-5-2-3-6-18(17)16-27-14-4-11-26-27;/h2-11,14,23H,12-13,15-16H2,1H3,(H2,22,24,25);1H. The van der Waals surface area contributed by atoms with Crippen molar-refractivity contribution >= 4 is 41.3 Å². The predicted octanol–water partition coefficient (Wildman–Crippen LogP) is 3.23. The Morgan fingerprint density at radius 1 is 1.06 bits per heavy atom. The van der Waals surface area contributed by atoms with Gasteiger partial charge in [0.15, 0.2) is 5.96 Å². The normalized spacial score (nSPS) is 10.8. The van der Waals surface area contributed by atoms with E-state index >= 15 is 0 Å². The van der Waals surface area contributed by atoms with Crippen LogP contribution in [0.25, 0.3) is 0 Å². The SMILES string of the molecule is CN=C(NCCNc1ccc([N+](=O)[O-])cc1)NCc1ccccc1Cn1cccn1.I. The summed E-state index contributed by atoms with van der Waals surface area (Å²) < 4.78 is 1.90. The minimum absolute atomic E-state index is 0. The van der Waals surface area contributed by atoms with Crippen LogP contribution in [0.1, 0.15) is 11.1 Å². The number of nitrogens with zero attached hydrogens (tertiary/aromatic N) is 4. The Balaban J connectivity index is 0.00000341.